The number of aryl methyl sites for hydroxylation is 1. The lowest BCUT2D eigenvalue weighted by atomic mass is 10.1. The highest BCUT2D eigenvalue weighted by Crippen LogP contribution is 2.26. The smallest absolute Gasteiger partial charge is 0.161 e. The van der Waals surface area contributed by atoms with Gasteiger partial charge in [0.15, 0.2) is 5.78 Å². The summed E-state index contributed by atoms with van der Waals surface area (Å²) in [5, 5.41) is 0.478. The maximum absolute atomic E-state index is 11.1. The van der Waals surface area contributed by atoms with E-state index in [4.69, 9.17) is 16.3 Å². The molecule has 3 heteroatoms. The van der Waals surface area contributed by atoms with Gasteiger partial charge in [0.05, 0.1) is 12.1 Å². The third-order valence-corrected chi connectivity index (χ3v) is 2.18. The lowest BCUT2D eigenvalue weighted by Gasteiger charge is -2.07. The van der Waals surface area contributed by atoms with E-state index in [2.05, 4.69) is 0 Å². The van der Waals surface area contributed by atoms with Gasteiger partial charge in [-0.3, -0.25) is 4.79 Å². The molecular formula is C10H11ClO2. The normalized spacial score (nSPS) is 9.85. The third-order valence-electron chi connectivity index (χ3n) is 1.86. The highest BCUT2D eigenvalue weighted by atomic mass is 35.5. The second-order valence-corrected chi connectivity index (χ2v) is 3.27. The Kier molecular flexibility index (Phi) is 2.94. The van der Waals surface area contributed by atoms with Crippen molar-refractivity contribution in [1.82, 2.24) is 0 Å². The van der Waals surface area contributed by atoms with Gasteiger partial charge in [-0.05, 0) is 31.5 Å². The van der Waals surface area contributed by atoms with E-state index >= 15 is 0 Å². The molecule has 0 saturated heterocycles. The Hall–Kier alpha value is -1.02. The first kappa shape index (κ1) is 10.1. The summed E-state index contributed by atoms with van der Waals surface area (Å²) in [5.41, 5.74) is 1.43. The molecule has 0 aliphatic rings. The van der Waals surface area contributed by atoms with Crippen LogP contribution in [-0.2, 0) is 0 Å². The van der Waals surface area contributed by atoms with Crippen LogP contribution in [0.25, 0.3) is 0 Å². The number of benzene rings is 1. The highest BCUT2D eigenvalue weighted by molar-refractivity contribution is 6.34. The van der Waals surface area contributed by atoms with Gasteiger partial charge in [0.2, 0.25) is 0 Å². The fourth-order valence-electron chi connectivity index (χ4n) is 1.14. The van der Waals surface area contributed by atoms with E-state index in [1.54, 1.807) is 19.2 Å². The number of carbonyl (C=O) groups excluding carboxylic acids is 1. The van der Waals surface area contributed by atoms with E-state index in [0.29, 0.717) is 16.3 Å². The lowest BCUT2D eigenvalue weighted by molar-refractivity contribution is 0.101. The zero-order valence-electron chi connectivity index (χ0n) is 7.85. The summed E-state index contributed by atoms with van der Waals surface area (Å²) in [7, 11) is 1.57. The molecule has 0 saturated carbocycles. The molecular weight excluding hydrogens is 188 g/mol. The fraction of sp³-hybridized carbons (Fsp3) is 0.300. The van der Waals surface area contributed by atoms with Gasteiger partial charge in [0.1, 0.15) is 5.75 Å². The van der Waals surface area contributed by atoms with Gasteiger partial charge >= 0.3 is 0 Å². The average Bonchev–Trinajstić information content (AvgIpc) is 2.03. The van der Waals surface area contributed by atoms with Crippen LogP contribution in [0.5, 0.6) is 5.75 Å². The second-order valence-electron chi connectivity index (χ2n) is 2.86. The molecule has 0 heterocycles. The van der Waals surface area contributed by atoms with Gasteiger partial charge in [-0.1, -0.05) is 11.6 Å². The monoisotopic (exact) mass is 198 g/mol. The van der Waals surface area contributed by atoms with E-state index < -0.39 is 0 Å². The molecule has 0 amide bonds. The Morgan fingerprint density at radius 1 is 1.46 bits per heavy atom. The van der Waals surface area contributed by atoms with Crippen LogP contribution in [0.3, 0.4) is 0 Å². The average molecular weight is 199 g/mol. The quantitative estimate of drug-likeness (QED) is 0.684. The van der Waals surface area contributed by atoms with Gasteiger partial charge in [0, 0.05) is 5.56 Å². The third kappa shape index (κ3) is 2.01. The Balaban J connectivity index is 3.30. The molecule has 0 aliphatic carbocycles. The molecule has 0 fully saturated rings. The number of Topliss-reactive ketones (excluding diaryl/α,β-unsaturated/α-hetero) is 1. The lowest BCUT2D eigenvalue weighted by Crippen LogP contribution is -1.96. The molecule has 0 aromatic heterocycles. The van der Waals surface area contributed by atoms with Crippen molar-refractivity contribution in [2.24, 2.45) is 0 Å². The number of hydrogen-bond acceptors (Lipinski definition) is 2. The van der Waals surface area contributed by atoms with E-state index in [1.807, 2.05) is 6.92 Å². The minimum atomic E-state index is -0.0525. The van der Waals surface area contributed by atoms with E-state index in [1.165, 1.54) is 6.92 Å². The van der Waals surface area contributed by atoms with E-state index in [-0.39, 0.29) is 5.78 Å². The number of hydrogen-bond donors (Lipinski definition) is 0. The van der Waals surface area contributed by atoms with Crippen molar-refractivity contribution in [2.75, 3.05) is 7.11 Å². The van der Waals surface area contributed by atoms with Crippen LogP contribution in [0.1, 0.15) is 22.8 Å². The summed E-state index contributed by atoms with van der Waals surface area (Å²) in [5.74, 6) is 0.637. The van der Waals surface area contributed by atoms with Crippen molar-refractivity contribution in [2.45, 2.75) is 13.8 Å². The number of ketones is 1. The largest absolute Gasteiger partial charge is 0.496 e. The van der Waals surface area contributed by atoms with Gasteiger partial charge in [0.25, 0.3) is 0 Å². The summed E-state index contributed by atoms with van der Waals surface area (Å²) in [6.45, 7) is 3.37. The molecule has 1 aromatic carbocycles. The van der Waals surface area contributed by atoms with E-state index in [0.717, 1.165) is 5.56 Å². The first-order chi connectivity index (χ1) is 6.06. The molecule has 0 atom stereocenters. The van der Waals surface area contributed by atoms with Crippen molar-refractivity contribution in [3.8, 4) is 5.75 Å². The summed E-state index contributed by atoms with van der Waals surface area (Å²) in [6.07, 6.45) is 0. The molecule has 13 heavy (non-hydrogen) atoms. The zero-order chi connectivity index (χ0) is 10.0. The Labute approximate surface area is 82.5 Å². The molecule has 0 bridgehead atoms. The number of methoxy groups -OCH3 is 1. The van der Waals surface area contributed by atoms with Crippen LogP contribution in [0, 0.1) is 6.92 Å². The molecule has 0 N–H and O–H groups in total. The van der Waals surface area contributed by atoms with Gasteiger partial charge in [-0.15, -0.1) is 0 Å². The maximum Gasteiger partial charge on any atom is 0.161 e. The number of halogens is 1. The first-order valence-electron chi connectivity index (χ1n) is 3.91. The van der Waals surface area contributed by atoms with Crippen molar-refractivity contribution in [3.63, 3.8) is 0 Å². The maximum atomic E-state index is 11.1. The van der Waals surface area contributed by atoms with Gasteiger partial charge in [-0.2, -0.15) is 0 Å². The molecule has 1 aromatic rings. The standard InChI is InChI=1S/C10H11ClO2/c1-6-4-9(11)8(7(2)12)5-10(6)13-3/h4-5H,1-3H3. The highest BCUT2D eigenvalue weighted by Gasteiger charge is 2.09. The zero-order valence-corrected chi connectivity index (χ0v) is 8.61. The Morgan fingerprint density at radius 3 is 2.54 bits per heavy atom. The minimum absolute atomic E-state index is 0.0525. The van der Waals surface area contributed by atoms with Crippen LogP contribution >= 0.6 is 11.6 Å². The fourth-order valence-corrected chi connectivity index (χ4v) is 1.49. The number of rotatable bonds is 2. The minimum Gasteiger partial charge on any atom is -0.496 e. The van der Waals surface area contributed by atoms with Crippen molar-refractivity contribution in [3.05, 3.63) is 28.3 Å². The molecule has 0 spiro atoms. The van der Waals surface area contributed by atoms with Crippen LogP contribution in [0.4, 0.5) is 0 Å². The number of ether oxygens (including phenoxy) is 1. The SMILES string of the molecule is COc1cc(C(C)=O)c(Cl)cc1C. The van der Waals surface area contributed by atoms with Crippen LogP contribution < -0.4 is 4.74 Å². The summed E-state index contributed by atoms with van der Waals surface area (Å²) >= 11 is 5.88. The van der Waals surface area contributed by atoms with E-state index in [9.17, 15) is 4.79 Å². The Bertz CT molecular complexity index is 345. The first-order valence-corrected chi connectivity index (χ1v) is 4.29. The predicted octanol–water partition coefficient (Wildman–Crippen LogP) is 2.86. The van der Waals surface area contributed by atoms with Crippen LogP contribution in [0.15, 0.2) is 12.1 Å². The van der Waals surface area contributed by atoms with Crippen LogP contribution in [-0.4, -0.2) is 12.9 Å². The molecule has 2 nitrogen and oxygen atoms in total. The topological polar surface area (TPSA) is 26.3 Å². The second kappa shape index (κ2) is 3.79. The summed E-state index contributed by atoms with van der Waals surface area (Å²) in [6, 6.07) is 3.40. The molecule has 0 radical (unpaired) electrons. The molecule has 0 aliphatic heterocycles. The predicted molar refractivity (Wildman–Crippen MR) is 52.7 cm³/mol. The number of carbonyl (C=O) groups is 1. The summed E-state index contributed by atoms with van der Waals surface area (Å²) in [4.78, 5) is 11.1. The van der Waals surface area contributed by atoms with Gasteiger partial charge < -0.3 is 4.74 Å². The molecule has 0 unspecified atom stereocenters. The summed E-state index contributed by atoms with van der Waals surface area (Å²) < 4.78 is 5.08. The molecule has 70 valence electrons. The van der Waals surface area contributed by atoms with Crippen molar-refractivity contribution < 1.29 is 9.53 Å². The molecule has 1 rings (SSSR count). The van der Waals surface area contributed by atoms with Gasteiger partial charge in [-0.25, -0.2) is 0 Å². The Morgan fingerprint density at radius 2 is 2.08 bits per heavy atom. The van der Waals surface area contributed by atoms with Crippen molar-refractivity contribution in [1.29, 1.82) is 0 Å². The van der Waals surface area contributed by atoms with Crippen molar-refractivity contribution >= 4 is 17.4 Å². The van der Waals surface area contributed by atoms with Crippen LogP contribution in [0.2, 0.25) is 5.02 Å².